The van der Waals surface area contributed by atoms with Gasteiger partial charge in [-0.15, -0.1) is 0 Å². The molecule has 9 heteroatoms. The fourth-order valence-electron chi connectivity index (χ4n) is 9.48. The first kappa shape index (κ1) is 36.4. The van der Waals surface area contributed by atoms with Gasteiger partial charge in [-0.1, -0.05) is 111 Å². The number of hydrogen-bond acceptors (Lipinski definition) is 4. The zero-order valence-electron chi connectivity index (χ0n) is 30.8. The van der Waals surface area contributed by atoms with Crippen LogP contribution in [0.15, 0.2) is 97.1 Å². The third kappa shape index (κ3) is 7.03. The van der Waals surface area contributed by atoms with E-state index in [2.05, 4.69) is 38.2 Å². The Bertz CT molecular complexity index is 1920. The number of benzene rings is 4. The summed E-state index contributed by atoms with van der Waals surface area (Å²) in [6.07, 6.45) is 2.85. The van der Waals surface area contributed by atoms with Gasteiger partial charge in [-0.2, -0.15) is 13.2 Å². The summed E-state index contributed by atoms with van der Waals surface area (Å²) in [4.78, 5) is 34.9. The summed E-state index contributed by atoms with van der Waals surface area (Å²) in [7, 11) is 0. The van der Waals surface area contributed by atoms with E-state index in [1.807, 2.05) is 48.5 Å². The molecular formula is C45H49F3N4O2. The average molecular weight is 735 g/mol. The van der Waals surface area contributed by atoms with Crippen LogP contribution in [0.3, 0.4) is 0 Å². The second kappa shape index (κ2) is 15.2. The van der Waals surface area contributed by atoms with Crippen molar-refractivity contribution in [1.29, 1.82) is 0 Å². The molecule has 0 radical (unpaired) electrons. The highest BCUT2D eigenvalue weighted by atomic mass is 19.4. The van der Waals surface area contributed by atoms with Crippen LogP contribution < -0.4 is 10.2 Å². The van der Waals surface area contributed by atoms with Gasteiger partial charge >= 0.3 is 6.18 Å². The molecule has 1 saturated carbocycles. The van der Waals surface area contributed by atoms with Crippen molar-refractivity contribution in [3.05, 3.63) is 125 Å². The van der Waals surface area contributed by atoms with E-state index in [1.165, 1.54) is 19.3 Å². The number of carbonyl (C=O) groups is 2. The van der Waals surface area contributed by atoms with E-state index in [0.29, 0.717) is 24.4 Å². The number of amides is 2. The van der Waals surface area contributed by atoms with Gasteiger partial charge in [0.05, 0.1) is 0 Å². The zero-order valence-corrected chi connectivity index (χ0v) is 30.8. The fraction of sp³-hybridized carbons (Fsp3) is 0.422. The number of unbranched alkanes of at least 4 members (excludes halogenated alkanes) is 1. The minimum Gasteiger partial charge on any atom is -0.369 e. The molecule has 1 N–H and O–H groups in total. The Morgan fingerprint density at radius 1 is 0.778 bits per heavy atom. The maximum atomic E-state index is 14.5. The number of piperazine rings is 1. The number of hydrogen-bond donors (Lipinski definition) is 1. The van der Waals surface area contributed by atoms with Crippen molar-refractivity contribution in [3.63, 3.8) is 0 Å². The molecule has 1 unspecified atom stereocenters. The van der Waals surface area contributed by atoms with E-state index in [9.17, 15) is 22.8 Å². The maximum Gasteiger partial charge on any atom is 0.408 e. The van der Waals surface area contributed by atoms with Crippen molar-refractivity contribution >= 4 is 17.5 Å². The molecule has 54 heavy (non-hydrogen) atoms. The fourth-order valence-corrected chi connectivity index (χ4v) is 9.48. The monoisotopic (exact) mass is 734 g/mol. The molecule has 1 atom stereocenters. The predicted octanol–water partition coefficient (Wildman–Crippen LogP) is 8.52. The molecule has 4 aromatic carbocycles. The first-order valence-corrected chi connectivity index (χ1v) is 19.7. The van der Waals surface area contributed by atoms with Crippen LogP contribution in [0.4, 0.5) is 18.9 Å². The van der Waals surface area contributed by atoms with E-state index in [1.54, 1.807) is 30.3 Å². The number of anilines is 1. The molecule has 4 aliphatic rings. The normalized spacial score (nSPS) is 19.0. The van der Waals surface area contributed by atoms with Gasteiger partial charge in [-0.3, -0.25) is 14.5 Å². The number of fused-ring (bicyclic) bond motifs is 4. The Morgan fingerprint density at radius 3 is 2.09 bits per heavy atom. The Hall–Kier alpha value is -4.63. The first-order chi connectivity index (χ1) is 26.2. The Morgan fingerprint density at radius 2 is 1.43 bits per heavy atom. The topological polar surface area (TPSA) is 55.9 Å². The highest BCUT2D eigenvalue weighted by molar-refractivity contribution is 6.01. The van der Waals surface area contributed by atoms with Crippen molar-refractivity contribution in [2.24, 2.45) is 0 Å². The summed E-state index contributed by atoms with van der Waals surface area (Å²) >= 11 is 0. The molecule has 2 aliphatic heterocycles. The predicted molar refractivity (Wildman–Crippen MR) is 206 cm³/mol. The van der Waals surface area contributed by atoms with Gasteiger partial charge in [0.15, 0.2) is 0 Å². The summed E-state index contributed by atoms with van der Waals surface area (Å²) in [6, 6.07) is 28.6. The van der Waals surface area contributed by atoms with Gasteiger partial charge in [0.1, 0.15) is 11.5 Å². The highest BCUT2D eigenvalue weighted by Crippen LogP contribution is 2.52. The number of rotatable bonds is 11. The highest BCUT2D eigenvalue weighted by Gasteiger charge is 2.51. The quantitative estimate of drug-likeness (QED) is 0.157. The average Bonchev–Trinajstić information content (AvgIpc) is 3.69. The van der Waals surface area contributed by atoms with Gasteiger partial charge in [0.25, 0.3) is 5.91 Å². The first-order valence-electron chi connectivity index (χ1n) is 19.7. The molecule has 282 valence electrons. The lowest BCUT2D eigenvalue weighted by Gasteiger charge is -2.37. The van der Waals surface area contributed by atoms with Crippen LogP contribution in [0, 0.1) is 0 Å². The van der Waals surface area contributed by atoms with E-state index in [4.69, 9.17) is 0 Å². The maximum absolute atomic E-state index is 14.5. The summed E-state index contributed by atoms with van der Waals surface area (Å²) < 4.78 is 43.6. The molecule has 2 heterocycles. The number of alkyl halides is 3. The molecule has 4 aromatic rings. The van der Waals surface area contributed by atoms with Crippen LogP contribution >= 0.6 is 0 Å². The molecule has 2 amide bonds. The summed E-state index contributed by atoms with van der Waals surface area (Å²) in [5.74, 6) is -0.414. The summed E-state index contributed by atoms with van der Waals surface area (Å²) in [5, 5.41) is 2.51. The van der Waals surface area contributed by atoms with Crippen LogP contribution in [0.2, 0.25) is 0 Å². The molecule has 2 fully saturated rings. The minimum atomic E-state index is -4.61. The second-order valence-corrected chi connectivity index (χ2v) is 15.6. The van der Waals surface area contributed by atoms with Crippen LogP contribution in [0.1, 0.15) is 84.0 Å². The summed E-state index contributed by atoms with van der Waals surface area (Å²) in [5.41, 5.74) is 5.73. The number of nitrogens with zero attached hydrogens (tertiary/aromatic N) is 3. The van der Waals surface area contributed by atoms with Crippen molar-refractivity contribution < 1.29 is 22.8 Å². The molecule has 0 bridgehead atoms. The smallest absolute Gasteiger partial charge is 0.369 e. The zero-order chi connectivity index (χ0) is 37.3. The van der Waals surface area contributed by atoms with Gasteiger partial charge in [-0.05, 0) is 77.7 Å². The lowest BCUT2D eigenvalue weighted by Crippen LogP contribution is -2.53. The largest absolute Gasteiger partial charge is 0.408 e. The summed E-state index contributed by atoms with van der Waals surface area (Å²) in [6.45, 7) is 5.03. The molecule has 1 saturated heterocycles. The lowest BCUT2D eigenvalue weighted by atomic mass is 9.73. The van der Waals surface area contributed by atoms with Crippen LogP contribution in [0.5, 0.6) is 0 Å². The van der Waals surface area contributed by atoms with Crippen LogP contribution in [-0.4, -0.2) is 72.6 Å². The molecular weight excluding hydrogens is 686 g/mol. The standard InChI is InChI=1S/C45H49F3N4O2/c46-45(47,48)41(29-32-13-3-1-4-14-32)49-43(54)44(39-19-9-7-17-36(39)37-18-8-10-20-40(37)44)23-11-12-24-50-25-27-51(28-26-50)35-22-21-33-31-52(42(53)38(33)30-35)34-15-5-2-6-16-34/h1,3-4,7-10,13-14,17-22,30,34,41H,2,5-6,11-12,15-16,23-29,31H2,(H,49,54). The van der Waals surface area contributed by atoms with E-state index < -0.39 is 23.5 Å². The molecule has 0 spiro atoms. The molecule has 8 rings (SSSR count). The SMILES string of the molecule is O=C1c2cc(N3CCN(CCCCC4(C(=O)NC(Cc5ccccc5)C(F)(F)F)c5ccccc5-c5ccccc54)CC3)ccc2CN1C1CCCCC1. The number of carbonyl (C=O) groups excluding carboxylic acids is 2. The van der Waals surface area contributed by atoms with E-state index in [0.717, 1.165) is 97.6 Å². The third-order valence-corrected chi connectivity index (χ3v) is 12.4. The lowest BCUT2D eigenvalue weighted by molar-refractivity contribution is -0.163. The van der Waals surface area contributed by atoms with Gasteiger partial charge < -0.3 is 15.1 Å². The molecule has 2 aliphatic carbocycles. The van der Waals surface area contributed by atoms with Crippen molar-refractivity contribution in [1.82, 2.24) is 15.1 Å². The van der Waals surface area contributed by atoms with Crippen LogP contribution in [-0.2, 0) is 23.2 Å². The van der Waals surface area contributed by atoms with Gasteiger partial charge in [0.2, 0.25) is 5.91 Å². The van der Waals surface area contributed by atoms with E-state index >= 15 is 0 Å². The van der Waals surface area contributed by atoms with Crippen molar-refractivity contribution in [2.45, 2.75) is 88.0 Å². The number of halogens is 3. The van der Waals surface area contributed by atoms with Gasteiger partial charge in [-0.25, -0.2) is 0 Å². The Labute approximate surface area is 316 Å². The number of nitrogens with one attached hydrogen (secondary N) is 1. The van der Waals surface area contributed by atoms with Gasteiger partial charge in [0, 0.05) is 56.4 Å². The second-order valence-electron chi connectivity index (χ2n) is 15.6. The van der Waals surface area contributed by atoms with Crippen molar-refractivity contribution in [3.8, 4) is 11.1 Å². The molecule has 6 nitrogen and oxygen atoms in total. The Kier molecular flexibility index (Phi) is 10.3. The molecule has 0 aromatic heterocycles. The minimum absolute atomic E-state index is 0.182. The van der Waals surface area contributed by atoms with Crippen molar-refractivity contribution in [2.75, 3.05) is 37.6 Å². The van der Waals surface area contributed by atoms with Crippen LogP contribution in [0.25, 0.3) is 11.1 Å². The Balaban J connectivity index is 0.928. The van der Waals surface area contributed by atoms with E-state index in [-0.39, 0.29) is 12.3 Å². The third-order valence-electron chi connectivity index (χ3n) is 12.4.